The number of aliphatic hydroxyl groups excluding tert-OH is 1. The maximum Gasteiger partial charge on any atom is 0.247 e. The molecule has 0 aromatic carbocycles. The van der Waals surface area contributed by atoms with Gasteiger partial charge in [-0.15, -0.1) is 0 Å². The molecule has 0 aliphatic carbocycles. The molecular weight excluding hydrogens is 220 g/mol. The Balaban J connectivity index is 2.07. The number of amides is 1. The van der Waals surface area contributed by atoms with Gasteiger partial charge in [-0.25, -0.2) is 9.67 Å². The largest absolute Gasteiger partial charge is 0.394 e. The predicted octanol–water partition coefficient (Wildman–Crippen LogP) is 0.212. The summed E-state index contributed by atoms with van der Waals surface area (Å²) in [5.74, 6) is 0.00856. The minimum Gasteiger partial charge on any atom is -0.394 e. The quantitative estimate of drug-likeness (QED) is 0.817. The molecule has 1 aliphatic rings. The summed E-state index contributed by atoms with van der Waals surface area (Å²) in [6.07, 6.45) is 5.93. The number of carbonyl (C=O) groups excluding carboxylic acids is 1. The highest BCUT2D eigenvalue weighted by Gasteiger charge is 2.30. The molecule has 1 fully saturated rings. The second kappa shape index (κ2) is 5.27. The molecule has 6 nitrogen and oxygen atoms in total. The molecule has 1 aliphatic heterocycles. The van der Waals surface area contributed by atoms with E-state index in [4.69, 9.17) is 0 Å². The van der Waals surface area contributed by atoms with E-state index in [9.17, 15) is 9.90 Å². The molecule has 0 spiro atoms. The molecule has 1 saturated heterocycles. The topological polar surface area (TPSA) is 71.2 Å². The van der Waals surface area contributed by atoms with Gasteiger partial charge in [0.15, 0.2) is 0 Å². The van der Waals surface area contributed by atoms with E-state index in [1.165, 1.54) is 6.33 Å². The molecular formula is C11H18N4O2. The van der Waals surface area contributed by atoms with Crippen molar-refractivity contribution in [2.24, 2.45) is 0 Å². The van der Waals surface area contributed by atoms with Gasteiger partial charge in [0, 0.05) is 6.54 Å². The van der Waals surface area contributed by atoms with Gasteiger partial charge in [0.2, 0.25) is 5.91 Å². The Labute approximate surface area is 100 Å². The SMILES string of the molecule is CC(C(=O)N1CCCCC1CO)n1cncn1. The molecule has 1 aromatic rings. The lowest BCUT2D eigenvalue weighted by Crippen LogP contribution is -2.48. The number of hydrogen-bond donors (Lipinski definition) is 1. The Morgan fingerprint density at radius 3 is 3.06 bits per heavy atom. The lowest BCUT2D eigenvalue weighted by Gasteiger charge is -2.36. The van der Waals surface area contributed by atoms with Crippen LogP contribution in [0.3, 0.4) is 0 Å². The third kappa shape index (κ3) is 2.46. The number of aliphatic hydroxyl groups is 1. The van der Waals surface area contributed by atoms with Crippen molar-refractivity contribution in [2.75, 3.05) is 13.2 Å². The summed E-state index contributed by atoms with van der Waals surface area (Å²) in [5, 5.41) is 13.3. The molecule has 1 amide bonds. The van der Waals surface area contributed by atoms with Gasteiger partial charge >= 0.3 is 0 Å². The maximum absolute atomic E-state index is 12.3. The summed E-state index contributed by atoms with van der Waals surface area (Å²) in [6.45, 7) is 2.57. The fourth-order valence-corrected chi connectivity index (χ4v) is 2.25. The molecule has 2 heterocycles. The van der Waals surface area contributed by atoms with E-state index in [1.807, 2.05) is 0 Å². The predicted molar refractivity (Wildman–Crippen MR) is 61.2 cm³/mol. The third-order valence-electron chi connectivity index (χ3n) is 3.31. The lowest BCUT2D eigenvalue weighted by molar-refractivity contribution is -0.139. The fraction of sp³-hybridized carbons (Fsp3) is 0.727. The van der Waals surface area contributed by atoms with Crippen LogP contribution in [0.15, 0.2) is 12.7 Å². The highest BCUT2D eigenvalue weighted by atomic mass is 16.3. The van der Waals surface area contributed by atoms with Crippen LogP contribution in [-0.4, -0.2) is 49.9 Å². The van der Waals surface area contributed by atoms with E-state index in [0.717, 1.165) is 25.8 Å². The van der Waals surface area contributed by atoms with Gasteiger partial charge in [0.05, 0.1) is 12.6 Å². The summed E-state index contributed by atoms with van der Waals surface area (Å²) in [5.41, 5.74) is 0. The van der Waals surface area contributed by atoms with Crippen molar-refractivity contribution in [2.45, 2.75) is 38.3 Å². The summed E-state index contributed by atoms with van der Waals surface area (Å²) >= 11 is 0. The molecule has 1 aromatic heterocycles. The van der Waals surface area contributed by atoms with Crippen molar-refractivity contribution >= 4 is 5.91 Å². The zero-order valence-corrected chi connectivity index (χ0v) is 9.99. The molecule has 2 rings (SSSR count). The average molecular weight is 238 g/mol. The number of rotatable bonds is 3. The first-order chi connectivity index (χ1) is 8.24. The standard InChI is InChI=1S/C11H18N4O2/c1-9(15-8-12-7-13-15)11(17)14-5-3-2-4-10(14)6-16/h7-10,16H,2-6H2,1H3. The van der Waals surface area contributed by atoms with Crippen LogP contribution in [0.1, 0.15) is 32.2 Å². The number of aromatic nitrogens is 3. The van der Waals surface area contributed by atoms with Crippen LogP contribution < -0.4 is 0 Å². The van der Waals surface area contributed by atoms with Crippen molar-refractivity contribution in [1.82, 2.24) is 19.7 Å². The zero-order chi connectivity index (χ0) is 12.3. The van der Waals surface area contributed by atoms with E-state index in [2.05, 4.69) is 10.1 Å². The van der Waals surface area contributed by atoms with Crippen LogP contribution in [0.5, 0.6) is 0 Å². The summed E-state index contributed by atoms with van der Waals surface area (Å²) in [7, 11) is 0. The molecule has 2 unspecified atom stereocenters. The number of nitrogens with zero attached hydrogens (tertiary/aromatic N) is 4. The first-order valence-corrected chi connectivity index (χ1v) is 5.99. The molecule has 1 N–H and O–H groups in total. The maximum atomic E-state index is 12.3. The Morgan fingerprint density at radius 2 is 2.41 bits per heavy atom. The zero-order valence-electron chi connectivity index (χ0n) is 9.99. The van der Waals surface area contributed by atoms with Gasteiger partial charge in [-0.05, 0) is 26.2 Å². The average Bonchev–Trinajstić information content (AvgIpc) is 2.90. The van der Waals surface area contributed by atoms with E-state index < -0.39 is 0 Å². The smallest absolute Gasteiger partial charge is 0.247 e. The van der Waals surface area contributed by atoms with Crippen LogP contribution in [0.4, 0.5) is 0 Å². The minimum absolute atomic E-state index is 0.00856. The van der Waals surface area contributed by atoms with Crippen molar-refractivity contribution < 1.29 is 9.90 Å². The van der Waals surface area contributed by atoms with E-state index in [0.29, 0.717) is 0 Å². The third-order valence-corrected chi connectivity index (χ3v) is 3.31. The van der Waals surface area contributed by atoms with Crippen LogP contribution >= 0.6 is 0 Å². The Bertz CT molecular complexity index is 366. The van der Waals surface area contributed by atoms with Crippen molar-refractivity contribution in [1.29, 1.82) is 0 Å². The number of hydrogen-bond acceptors (Lipinski definition) is 4. The lowest BCUT2D eigenvalue weighted by atomic mass is 10.0. The second-order valence-electron chi connectivity index (χ2n) is 4.42. The molecule has 0 radical (unpaired) electrons. The normalized spacial score (nSPS) is 22.5. The van der Waals surface area contributed by atoms with E-state index in [-0.39, 0.29) is 24.6 Å². The van der Waals surface area contributed by atoms with Gasteiger partial charge in [0.25, 0.3) is 0 Å². The van der Waals surface area contributed by atoms with Crippen LogP contribution in [0, 0.1) is 0 Å². The van der Waals surface area contributed by atoms with Crippen LogP contribution in [-0.2, 0) is 4.79 Å². The van der Waals surface area contributed by atoms with Gasteiger partial charge in [0.1, 0.15) is 18.7 Å². The monoisotopic (exact) mass is 238 g/mol. The van der Waals surface area contributed by atoms with Crippen molar-refractivity contribution in [3.8, 4) is 0 Å². The number of likely N-dealkylation sites (tertiary alicyclic amines) is 1. The highest BCUT2D eigenvalue weighted by molar-refractivity contribution is 5.80. The van der Waals surface area contributed by atoms with Gasteiger partial charge in [-0.3, -0.25) is 4.79 Å². The molecule has 0 saturated carbocycles. The first-order valence-electron chi connectivity index (χ1n) is 5.99. The van der Waals surface area contributed by atoms with Gasteiger partial charge in [-0.1, -0.05) is 0 Å². The molecule has 6 heteroatoms. The van der Waals surface area contributed by atoms with Crippen LogP contribution in [0.25, 0.3) is 0 Å². The first kappa shape index (κ1) is 12.0. The summed E-state index contributed by atoms with van der Waals surface area (Å²) in [4.78, 5) is 17.9. The Kier molecular flexibility index (Phi) is 3.73. The number of carbonyl (C=O) groups is 1. The molecule has 17 heavy (non-hydrogen) atoms. The molecule has 0 bridgehead atoms. The molecule has 94 valence electrons. The Hall–Kier alpha value is -1.43. The minimum atomic E-state index is -0.357. The highest BCUT2D eigenvalue weighted by Crippen LogP contribution is 2.20. The van der Waals surface area contributed by atoms with Crippen molar-refractivity contribution in [3.63, 3.8) is 0 Å². The summed E-state index contributed by atoms with van der Waals surface area (Å²) < 4.78 is 1.55. The van der Waals surface area contributed by atoms with Crippen molar-refractivity contribution in [3.05, 3.63) is 12.7 Å². The van der Waals surface area contributed by atoms with Gasteiger partial charge in [-0.2, -0.15) is 5.10 Å². The van der Waals surface area contributed by atoms with Gasteiger partial charge < -0.3 is 10.0 Å². The Morgan fingerprint density at radius 1 is 1.59 bits per heavy atom. The van der Waals surface area contributed by atoms with E-state index >= 15 is 0 Å². The summed E-state index contributed by atoms with van der Waals surface area (Å²) in [6, 6.07) is -0.396. The molecule has 2 atom stereocenters. The number of piperidine rings is 1. The second-order valence-corrected chi connectivity index (χ2v) is 4.42. The fourth-order valence-electron chi connectivity index (χ4n) is 2.25. The van der Waals surface area contributed by atoms with Crippen LogP contribution in [0.2, 0.25) is 0 Å². The van der Waals surface area contributed by atoms with E-state index in [1.54, 1.807) is 22.8 Å².